The molecule has 1 atom stereocenters. The summed E-state index contributed by atoms with van der Waals surface area (Å²) in [5.74, 6) is -0.245. The van der Waals surface area contributed by atoms with Crippen molar-refractivity contribution in [3.05, 3.63) is 0 Å². The Hall–Kier alpha value is -0.270. The van der Waals surface area contributed by atoms with Gasteiger partial charge in [0, 0.05) is 0 Å². The molecule has 0 rings (SSSR count). The summed E-state index contributed by atoms with van der Waals surface area (Å²) in [4.78, 5) is 10.9. The summed E-state index contributed by atoms with van der Waals surface area (Å²) in [5, 5.41) is 8.90. The highest BCUT2D eigenvalue weighted by Crippen LogP contribution is 2.06. The minimum absolute atomic E-state index is 0.0201. The second kappa shape index (κ2) is 7.94. The van der Waals surface area contributed by atoms with Crippen LogP contribution in [-0.2, 0) is 14.8 Å². The molecule has 0 bridgehead atoms. The third-order valence-electron chi connectivity index (χ3n) is 2.19. The molecule has 0 fully saturated rings. The Bertz CT molecular complexity index is 327. The number of carboxylic acids is 1. The molecule has 0 aliphatic carbocycles. The van der Waals surface area contributed by atoms with Crippen molar-refractivity contribution in [3.63, 3.8) is 0 Å². The molecule has 0 amide bonds. The van der Waals surface area contributed by atoms with Crippen molar-refractivity contribution in [2.45, 2.75) is 32.7 Å². The molecular formula is C10H21NO4S2. The number of sulfonamides is 1. The van der Waals surface area contributed by atoms with Gasteiger partial charge in [0.2, 0.25) is 10.0 Å². The molecule has 0 radical (unpaired) electrons. The Morgan fingerprint density at radius 2 is 1.94 bits per heavy atom. The van der Waals surface area contributed by atoms with Crippen molar-refractivity contribution in [3.8, 4) is 0 Å². The summed E-state index contributed by atoms with van der Waals surface area (Å²) >= 11 is 1.49. The molecule has 2 N–H and O–H groups in total. The first-order valence-corrected chi connectivity index (χ1v) is 8.55. The third-order valence-corrected chi connectivity index (χ3v) is 4.26. The van der Waals surface area contributed by atoms with Gasteiger partial charge < -0.3 is 5.11 Å². The fourth-order valence-corrected chi connectivity index (χ4v) is 3.16. The average Bonchev–Trinajstić information content (AvgIpc) is 2.21. The lowest BCUT2D eigenvalue weighted by atomic mass is 10.2. The maximum absolute atomic E-state index is 11.6. The van der Waals surface area contributed by atoms with E-state index in [1.165, 1.54) is 11.8 Å². The van der Waals surface area contributed by atoms with Crippen LogP contribution in [-0.4, -0.2) is 43.3 Å². The van der Waals surface area contributed by atoms with Gasteiger partial charge in [-0.25, -0.2) is 13.1 Å². The minimum atomic E-state index is -3.49. The second-order valence-corrected chi connectivity index (χ2v) is 7.15. The fourth-order valence-electron chi connectivity index (χ4n) is 1.14. The number of carbonyl (C=O) groups is 1. The zero-order chi connectivity index (χ0) is 13.5. The van der Waals surface area contributed by atoms with Crippen molar-refractivity contribution in [2.75, 3.05) is 17.8 Å². The molecule has 102 valence electrons. The van der Waals surface area contributed by atoms with Crippen LogP contribution in [0.25, 0.3) is 0 Å². The van der Waals surface area contributed by atoms with Crippen LogP contribution >= 0.6 is 11.8 Å². The van der Waals surface area contributed by atoms with Gasteiger partial charge in [0.25, 0.3) is 0 Å². The third kappa shape index (κ3) is 8.45. The van der Waals surface area contributed by atoms with Gasteiger partial charge in [0.05, 0.1) is 5.75 Å². The van der Waals surface area contributed by atoms with Crippen LogP contribution in [0.1, 0.15) is 26.7 Å². The highest BCUT2D eigenvalue weighted by atomic mass is 32.2. The van der Waals surface area contributed by atoms with Gasteiger partial charge >= 0.3 is 5.97 Å². The van der Waals surface area contributed by atoms with Crippen LogP contribution in [0, 0.1) is 5.92 Å². The van der Waals surface area contributed by atoms with Gasteiger partial charge in [0.15, 0.2) is 0 Å². The average molecular weight is 283 g/mol. The molecule has 17 heavy (non-hydrogen) atoms. The SMILES string of the molecule is CSCC[C@@H](NS(=O)(=O)CCC(C)C)C(=O)O. The molecule has 0 heterocycles. The fraction of sp³-hybridized carbons (Fsp3) is 0.900. The Kier molecular flexibility index (Phi) is 7.82. The molecule has 7 heteroatoms. The number of nitrogens with one attached hydrogen (secondary N) is 1. The summed E-state index contributed by atoms with van der Waals surface area (Å²) in [6.45, 7) is 3.86. The van der Waals surface area contributed by atoms with E-state index in [4.69, 9.17) is 5.11 Å². The number of thioether (sulfide) groups is 1. The second-order valence-electron chi connectivity index (χ2n) is 4.29. The monoisotopic (exact) mass is 283 g/mol. The predicted octanol–water partition coefficient (Wildman–Crippen LogP) is 1.16. The number of rotatable bonds is 9. The van der Waals surface area contributed by atoms with E-state index in [-0.39, 0.29) is 11.7 Å². The lowest BCUT2D eigenvalue weighted by molar-refractivity contribution is -0.139. The quantitative estimate of drug-likeness (QED) is 0.663. The van der Waals surface area contributed by atoms with Crippen molar-refractivity contribution >= 4 is 27.8 Å². The molecule has 0 aromatic rings. The lowest BCUT2D eigenvalue weighted by Crippen LogP contribution is -2.42. The molecule has 0 aromatic carbocycles. The van der Waals surface area contributed by atoms with Crippen molar-refractivity contribution in [1.82, 2.24) is 4.72 Å². The summed E-state index contributed by atoms with van der Waals surface area (Å²) in [5.41, 5.74) is 0. The van der Waals surface area contributed by atoms with Gasteiger partial charge in [-0.15, -0.1) is 0 Å². The van der Waals surface area contributed by atoms with Crippen LogP contribution in [0.15, 0.2) is 0 Å². The molecule has 0 aliphatic rings. The first kappa shape index (κ1) is 16.7. The van der Waals surface area contributed by atoms with Crippen molar-refractivity contribution in [2.24, 2.45) is 5.92 Å². The summed E-state index contributed by atoms with van der Waals surface area (Å²) in [7, 11) is -3.49. The van der Waals surface area contributed by atoms with E-state index in [9.17, 15) is 13.2 Å². The van der Waals surface area contributed by atoms with Gasteiger partial charge in [-0.2, -0.15) is 11.8 Å². The van der Waals surface area contributed by atoms with E-state index >= 15 is 0 Å². The van der Waals surface area contributed by atoms with Crippen LogP contribution in [0.3, 0.4) is 0 Å². The molecule has 0 aliphatic heterocycles. The normalized spacial score (nSPS) is 13.9. The molecular weight excluding hydrogens is 262 g/mol. The first-order chi connectivity index (χ1) is 7.78. The topological polar surface area (TPSA) is 83.5 Å². The van der Waals surface area contributed by atoms with Crippen LogP contribution in [0.4, 0.5) is 0 Å². The van der Waals surface area contributed by atoms with E-state index in [1.807, 2.05) is 20.1 Å². The number of hydrogen-bond donors (Lipinski definition) is 2. The maximum atomic E-state index is 11.6. The Morgan fingerprint density at radius 1 is 1.35 bits per heavy atom. The standard InChI is InChI=1S/C10H21NO4S2/c1-8(2)5-7-17(14,15)11-9(10(12)13)4-6-16-3/h8-9,11H,4-7H2,1-3H3,(H,12,13)/t9-/m1/s1. The summed E-state index contributed by atoms with van der Waals surface area (Å²) < 4.78 is 25.5. The largest absolute Gasteiger partial charge is 0.480 e. The minimum Gasteiger partial charge on any atom is -0.480 e. The van der Waals surface area contributed by atoms with Gasteiger partial charge in [0.1, 0.15) is 6.04 Å². The summed E-state index contributed by atoms with van der Waals surface area (Å²) in [6.07, 6.45) is 2.69. The summed E-state index contributed by atoms with van der Waals surface area (Å²) in [6, 6.07) is -1.01. The highest BCUT2D eigenvalue weighted by molar-refractivity contribution is 7.98. The van der Waals surface area contributed by atoms with Gasteiger partial charge in [-0.1, -0.05) is 13.8 Å². The number of carboxylic acid groups (broad SMARTS) is 1. The Labute approximate surface area is 107 Å². The van der Waals surface area contributed by atoms with Crippen molar-refractivity contribution in [1.29, 1.82) is 0 Å². The highest BCUT2D eigenvalue weighted by Gasteiger charge is 2.23. The zero-order valence-corrected chi connectivity index (χ0v) is 12.1. The maximum Gasteiger partial charge on any atom is 0.321 e. The predicted molar refractivity (Wildman–Crippen MR) is 70.8 cm³/mol. The first-order valence-electron chi connectivity index (χ1n) is 5.50. The van der Waals surface area contributed by atoms with Crippen LogP contribution < -0.4 is 4.72 Å². The number of hydrogen-bond acceptors (Lipinski definition) is 4. The molecule has 0 unspecified atom stereocenters. The van der Waals surface area contributed by atoms with Crippen LogP contribution in [0.5, 0.6) is 0 Å². The zero-order valence-electron chi connectivity index (χ0n) is 10.5. The molecule has 0 saturated heterocycles. The number of aliphatic carboxylic acids is 1. The van der Waals surface area contributed by atoms with E-state index in [0.717, 1.165) is 0 Å². The molecule has 0 spiro atoms. The molecule has 0 aromatic heterocycles. The molecule has 0 saturated carbocycles. The molecule has 5 nitrogen and oxygen atoms in total. The van der Waals surface area contributed by atoms with Crippen LogP contribution in [0.2, 0.25) is 0 Å². The lowest BCUT2D eigenvalue weighted by Gasteiger charge is -2.14. The van der Waals surface area contributed by atoms with E-state index < -0.39 is 22.0 Å². The van der Waals surface area contributed by atoms with Crippen molar-refractivity contribution < 1.29 is 18.3 Å². The van der Waals surface area contributed by atoms with Gasteiger partial charge in [-0.3, -0.25) is 4.79 Å². The van der Waals surface area contributed by atoms with E-state index in [1.54, 1.807) is 0 Å². The Balaban J connectivity index is 4.37. The van der Waals surface area contributed by atoms with Gasteiger partial charge in [-0.05, 0) is 30.8 Å². The van der Waals surface area contributed by atoms with E-state index in [2.05, 4.69) is 4.72 Å². The smallest absolute Gasteiger partial charge is 0.321 e. The van der Waals surface area contributed by atoms with E-state index in [0.29, 0.717) is 18.6 Å². The Morgan fingerprint density at radius 3 is 2.35 bits per heavy atom.